The number of hydrogen-bond donors (Lipinski definition) is 0. The van der Waals surface area contributed by atoms with E-state index in [-0.39, 0.29) is 41.7 Å². The molecular weight excluding hydrogens is 933 g/mol. The lowest BCUT2D eigenvalue weighted by Gasteiger charge is -2.56. The first-order valence-corrected chi connectivity index (χ1v) is 36.6. The van der Waals surface area contributed by atoms with E-state index in [9.17, 15) is 4.79 Å². The number of ether oxygens (including phenoxy) is 2. The van der Waals surface area contributed by atoms with Crippen molar-refractivity contribution < 1.29 is 32.0 Å². The molecule has 11 heteroatoms. The second-order valence-corrected chi connectivity index (χ2v) is 44.9. The van der Waals surface area contributed by atoms with Crippen molar-refractivity contribution in [3.63, 3.8) is 0 Å². The van der Waals surface area contributed by atoms with E-state index >= 15 is 0 Å². The summed E-state index contributed by atoms with van der Waals surface area (Å²) in [6.07, 6.45) is 3.72. The lowest BCUT2D eigenvalue weighted by molar-refractivity contribution is -0.340. The van der Waals surface area contributed by atoms with Crippen LogP contribution < -0.4 is 10.4 Å². The summed E-state index contributed by atoms with van der Waals surface area (Å²) in [6.45, 7) is 52.1. The van der Waals surface area contributed by atoms with E-state index in [1.54, 1.807) is 6.08 Å². The van der Waals surface area contributed by atoms with Crippen LogP contribution in [0.4, 0.5) is 0 Å². The average molecular weight is 1040 g/mol. The molecule has 0 amide bonds. The molecule has 0 aliphatic carbocycles. The summed E-state index contributed by atoms with van der Waals surface area (Å²) in [5, 5.41) is 2.42. The predicted molar refractivity (Wildman–Crippen MR) is 307 cm³/mol. The Balaban J connectivity index is 1.96. The molecule has 7 nitrogen and oxygen atoms in total. The third-order valence-corrected chi connectivity index (χ3v) is 39.7. The van der Waals surface area contributed by atoms with Crippen molar-refractivity contribution in [2.75, 3.05) is 6.61 Å². The van der Waals surface area contributed by atoms with Crippen LogP contribution in [0.1, 0.15) is 177 Å². The number of ketones is 1. The van der Waals surface area contributed by atoms with Crippen LogP contribution in [0.3, 0.4) is 0 Å². The molecule has 2 aliphatic heterocycles. The van der Waals surface area contributed by atoms with Crippen LogP contribution in [0.25, 0.3) is 0 Å². The minimum atomic E-state index is -2.84. The highest BCUT2D eigenvalue weighted by Gasteiger charge is 2.58. The van der Waals surface area contributed by atoms with Gasteiger partial charge in [0.2, 0.25) is 16.6 Å². The van der Waals surface area contributed by atoms with E-state index in [1.807, 2.05) is 0 Å². The maximum absolute atomic E-state index is 13.7. The molecule has 2 aromatic carbocycles. The molecular formula is C59H104O7Si4. The monoisotopic (exact) mass is 1040 g/mol. The summed E-state index contributed by atoms with van der Waals surface area (Å²) in [4.78, 5) is 13.7. The molecule has 0 unspecified atom stereocenters. The number of carbonyl (C=O) groups excluding carboxylic acids is 1. The normalized spacial score (nSPS) is 22.8. The highest BCUT2D eigenvalue weighted by molar-refractivity contribution is 6.99. The van der Waals surface area contributed by atoms with Crippen molar-refractivity contribution in [2.45, 2.75) is 270 Å². The van der Waals surface area contributed by atoms with Crippen LogP contribution in [0, 0.1) is 5.41 Å². The van der Waals surface area contributed by atoms with Crippen LogP contribution >= 0.6 is 0 Å². The van der Waals surface area contributed by atoms with Gasteiger partial charge >= 0.3 is 0 Å². The van der Waals surface area contributed by atoms with E-state index < -0.39 is 50.6 Å². The fourth-order valence-electron chi connectivity index (χ4n) is 13.8. The van der Waals surface area contributed by atoms with Gasteiger partial charge in [0.15, 0.2) is 14.1 Å². The number of carbonyl (C=O) groups is 1. The topological polar surface area (TPSA) is 72.5 Å². The number of rotatable bonds is 26. The first kappa shape index (κ1) is 61.0. The second-order valence-electron chi connectivity index (χ2n) is 25.1. The molecule has 2 heterocycles. The Bertz CT molecular complexity index is 1820. The number of benzene rings is 2. The van der Waals surface area contributed by atoms with Crippen LogP contribution in [0.2, 0.25) is 56.4 Å². The molecule has 2 aromatic rings. The van der Waals surface area contributed by atoms with Gasteiger partial charge in [0.05, 0.1) is 24.7 Å². The van der Waals surface area contributed by atoms with Crippen molar-refractivity contribution >= 4 is 49.4 Å². The highest BCUT2D eigenvalue weighted by atomic mass is 28.4. The Morgan fingerprint density at radius 2 is 1.14 bits per heavy atom. The zero-order valence-corrected chi connectivity index (χ0v) is 52.3. The summed E-state index contributed by atoms with van der Waals surface area (Å²) in [5.41, 5.74) is 1.93. The summed E-state index contributed by atoms with van der Waals surface area (Å²) in [7, 11) is -9.86. The van der Waals surface area contributed by atoms with Gasteiger partial charge in [0.25, 0.3) is 8.32 Å². The van der Waals surface area contributed by atoms with Gasteiger partial charge in [-0.1, -0.05) is 205 Å². The van der Waals surface area contributed by atoms with E-state index in [0.717, 1.165) is 24.6 Å². The Labute approximate surface area is 434 Å². The summed E-state index contributed by atoms with van der Waals surface area (Å²) >= 11 is 0. The van der Waals surface area contributed by atoms with Gasteiger partial charge in [-0.15, -0.1) is 6.58 Å². The average Bonchev–Trinajstić information content (AvgIpc) is 3.28. The van der Waals surface area contributed by atoms with Gasteiger partial charge in [0, 0.05) is 37.1 Å². The zero-order chi connectivity index (χ0) is 52.7. The Morgan fingerprint density at radius 3 is 1.54 bits per heavy atom. The van der Waals surface area contributed by atoms with Crippen molar-refractivity contribution in [3.05, 3.63) is 73.3 Å². The summed E-state index contributed by atoms with van der Waals surface area (Å²) < 4.78 is 45.9. The molecule has 0 bridgehead atoms. The Morgan fingerprint density at radius 1 is 0.700 bits per heavy atom. The quantitative estimate of drug-likeness (QED) is 0.0686. The predicted octanol–water partition coefficient (Wildman–Crippen LogP) is 15.7. The molecule has 2 saturated heterocycles. The maximum Gasteiger partial charge on any atom is 0.261 e. The summed E-state index contributed by atoms with van der Waals surface area (Å²) in [6, 6.07) is 25.2. The molecule has 6 atom stereocenters. The summed E-state index contributed by atoms with van der Waals surface area (Å²) in [5.74, 6) is -0.945. The molecule has 0 N–H and O–H groups in total. The van der Waals surface area contributed by atoms with E-state index in [0.29, 0.717) is 65.5 Å². The lowest BCUT2D eigenvalue weighted by Crippen LogP contribution is -2.66. The largest absolute Gasteiger partial charge is 0.413 e. The molecule has 4 rings (SSSR count). The Hall–Kier alpha value is -1.52. The highest BCUT2D eigenvalue weighted by Crippen LogP contribution is 2.52. The van der Waals surface area contributed by atoms with Gasteiger partial charge < -0.3 is 27.2 Å². The van der Waals surface area contributed by atoms with Crippen molar-refractivity contribution in [1.82, 2.24) is 0 Å². The minimum Gasteiger partial charge on any atom is -0.413 e. The first-order valence-electron chi connectivity index (χ1n) is 27.9. The molecule has 70 heavy (non-hydrogen) atoms. The fourth-order valence-corrected chi connectivity index (χ4v) is 32.5. The molecule has 2 fully saturated rings. The Kier molecular flexibility index (Phi) is 21.7. The lowest BCUT2D eigenvalue weighted by atomic mass is 9.72. The SMILES string of the molecule is C=C[C@H]1CC(=O)C[C@@]2(C[C@H](O[Si](CC)(CC)CC)C(C)(C)[C@H](C[C@@H](C[C@H](CCO[Si](c3ccccc3)(c3ccccc3)C(C)(C)C)O[Si](C(C)C)(C(C)C)C(C)C)O[Si](C(C)C)(C(C)C)C(C)C)O2)O1. The third-order valence-electron chi connectivity index (χ3n) is 17.7. The number of hydrogen-bond acceptors (Lipinski definition) is 7. The van der Waals surface area contributed by atoms with Gasteiger partial charge in [0.1, 0.15) is 5.78 Å². The van der Waals surface area contributed by atoms with Gasteiger partial charge in [-0.2, -0.15) is 0 Å². The molecule has 1 spiro atoms. The molecule has 0 aromatic heterocycles. The van der Waals surface area contributed by atoms with E-state index in [1.165, 1.54) is 10.4 Å². The van der Waals surface area contributed by atoms with Crippen molar-refractivity contribution in [3.8, 4) is 0 Å². The van der Waals surface area contributed by atoms with Gasteiger partial charge in [-0.25, -0.2) is 0 Å². The minimum absolute atomic E-state index is 0.133. The van der Waals surface area contributed by atoms with Crippen LogP contribution in [0.15, 0.2) is 73.3 Å². The van der Waals surface area contributed by atoms with Gasteiger partial charge in [-0.05, 0) is 86.1 Å². The smallest absolute Gasteiger partial charge is 0.261 e. The molecule has 0 saturated carbocycles. The third kappa shape index (κ3) is 12.9. The maximum atomic E-state index is 13.7. The fraction of sp³-hybridized carbons (Fsp3) is 0.746. The van der Waals surface area contributed by atoms with Crippen LogP contribution in [-0.2, 0) is 32.0 Å². The molecule has 2 aliphatic rings. The van der Waals surface area contributed by atoms with Crippen molar-refractivity contribution in [1.29, 1.82) is 0 Å². The van der Waals surface area contributed by atoms with Crippen LogP contribution in [0.5, 0.6) is 0 Å². The first-order chi connectivity index (χ1) is 32.6. The van der Waals surface area contributed by atoms with E-state index in [2.05, 4.69) is 206 Å². The van der Waals surface area contributed by atoms with Crippen molar-refractivity contribution in [2.24, 2.45) is 5.41 Å². The van der Waals surface area contributed by atoms with E-state index in [4.69, 9.17) is 27.2 Å². The molecule has 0 radical (unpaired) electrons. The standard InChI is InChI=1S/C59H104O7Si4/c1-22-50-38-49(60)41-59(62-50)42-56(66-67(23-2,24-3)25-4)58(20,21)55(63-59)40-52(65-69(46(11)12,47(13)14)48(15)16)39-51(64-68(43(5)6,44(7)8)45(9)10)36-37-61-70(57(17,18)19,53-32-28-26-29-33-53)54-34-30-27-31-35-54/h22,26-35,43-48,50-52,55-56H,1,23-25,36-42H2,2-21H3/t50-,51-,52+,55-,56-,59+/m0/s1. The van der Waals surface area contributed by atoms with Crippen LogP contribution in [-0.4, -0.2) is 82.0 Å². The molecule has 398 valence electrons. The zero-order valence-electron chi connectivity index (χ0n) is 48.3. The number of Topliss-reactive ketones (excluding diaryl/α,β-unsaturated/α-hetero) is 1. The van der Waals surface area contributed by atoms with Gasteiger partial charge in [-0.3, -0.25) is 4.79 Å². The second kappa shape index (κ2) is 24.9.